The number of sulfonamides is 1. The van der Waals surface area contributed by atoms with Crippen molar-refractivity contribution >= 4 is 33.4 Å². The Balaban J connectivity index is 0.00000161. The Kier molecular flexibility index (Phi) is 5.21. The smallest absolute Gasteiger partial charge is 0.217 e. The van der Waals surface area contributed by atoms with Crippen LogP contribution in [0, 0.1) is 0 Å². The van der Waals surface area contributed by atoms with E-state index in [9.17, 15) is 8.42 Å². The van der Waals surface area contributed by atoms with Crippen LogP contribution in [0.25, 0.3) is 11.0 Å². The second kappa shape index (κ2) is 6.74. The Morgan fingerprint density at radius 3 is 2.95 bits per heavy atom. The van der Waals surface area contributed by atoms with Crippen molar-refractivity contribution in [3.63, 3.8) is 0 Å². The van der Waals surface area contributed by atoms with Gasteiger partial charge in [-0.2, -0.15) is 0 Å². The van der Waals surface area contributed by atoms with Crippen molar-refractivity contribution in [1.82, 2.24) is 15.2 Å². The molecule has 6 nitrogen and oxygen atoms in total. The Morgan fingerprint density at radius 1 is 1.38 bits per heavy atom. The average Bonchev–Trinajstić information content (AvgIpc) is 3.07. The maximum atomic E-state index is 12.1. The summed E-state index contributed by atoms with van der Waals surface area (Å²) in [5.41, 5.74) is 1.06. The summed E-state index contributed by atoms with van der Waals surface area (Å²) < 4.78 is 31.9. The van der Waals surface area contributed by atoms with E-state index < -0.39 is 10.0 Å². The molecule has 3 rings (SSSR count). The molecule has 0 bridgehead atoms. The van der Waals surface area contributed by atoms with Gasteiger partial charge in [0.05, 0.1) is 0 Å². The Morgan fingerprint density at radius 2 is 2.19 bits per heavy atom. The molecule has 0 saturated carbocycles. The third-order valence-corrected chi connectivity index (χ3v) is 4.75. The first kappa shape index (κ1) is 16.2. The molecule has 0 amide bonds. The number of aromatic nitrogens is 1. The van der Waals surface area contributed by atoms with Crippen LogP contribution in [-0.2, 0) is 15.8 Å². The molecular weight excluding hydrogens is 314 g/mol. The predicted molar refractivity (Wildman–Crippen MR) is 82.9 cm³/mol. The molecule has 2 aromatic rings. The van der Waals surface area contributed by atoms with Crippen molar-refractivity contribution in [3.05, 3.63) is 30.0 Å². The SMILES string of the molecule is Cl.O=S(=O)(Cc1noc2ccccc12)NCC1CCCN1. The van der Waals surface area contributed by atoms with E-state index in [2.05, 4.69) is 15.2 Å². The topological polar surface area (TPSA) is 84.2 Å². The van der Waals surface area contributed by atoms with Crippen molar-refractivity contribution in [2.45, 2.75) is 24.6 Å². The normalized spacial score (nSPS) is 18.8. The van der Waals surface area contributed by atoms with Gasteiger partial charge in [-0.15, -0.1) is 12.4 Å². The number of nitrogens with zero attached hydrogens (tertiary/aromatic N) is 1. The number of nitrogens with one attached hydrogen (secondary N) is 2. The van der Waals surface area contributed by atoms with E-state index in [0.29, 0.717) is 17.8 Å². The summed E-state index contributed by atoms with van der Waals surface area (Å²) in [5.74, 6) is -0.156. The molecule has 1 aromatic heterocycles. The van der Waals surface area contributed by atoms with Gasteiger partial charge < -0.3 is 9.84 Å². The molecule has 1 unspecified atom stereocenters. The van der Waals surface area contributed by atoms with Crippen LogP contribution in [0.3, 0.4) is 0 Å². The quantitative estimate of drug-likeness (QED) is 0.865. The number of para-hydroxylation sites is 1. The average molecular weight is 332 g/mol. The minimum absolute atomic E-state index is 0. The summed E-state index contributed by atoms with van der Waals surface area (Å²) in [4.78, 5) is 0. The van der Waals surface area contributed by atoms with Gasteiger partial charge in [0.25, 0.3) is 0 Å². The van der Waals surface area contributed by atoms with Crippen molar-refractivity contribution in [1.29, 1.82) is 0 Å². The molecule has 21 heavy (non-hydrogen) atoms. The summed E-state index contributed by atoms with van der Waals surface area (Å²) >= 11 is 0. The van der Waals surface area contributed by atoms with E-state index in [1.54, 1.807) is 6.07 Å². The lowest BCUT2D eigenvalue weighted by Crippen LogP contribution is -2.37. The van der Waals surface area contributed by atoms with Gasteiger partial charge in [0.2, 0.25) is 10.0 Å². The van der Waals surface area contributed by atoms with Crippen molar-refractivity contribution in [2.24, 2.45) is 0 Å². The third kappa shape index (κ3) is 3.94. The summed E-state index contributed by atoms with van der Waals surface area (Å²) in [6, 6.07) is 7.49. The third-order valence-electron chi connectivity index (χ3n) is 3.49. The van der Waals surface area contributed by atoms with Gasteiger partial charge in [0.15, 0.2) is 5.58 Å². The highest BCUT2D eigenvalue weighted by atomic mass is 35.5. The van der Waals surface area contributed by atoms with Crippen LogP contribution in [-0.4, -0.2) is 32.7 Å². The molecule has 1 fully saturated rings. The van der Waals surface area contributed by atoms with Crippen LogP contribution in [0.5, 0.6) is 0 Å². The predicted octanol–water partition coefficient (Wildman–Crippen LogP) is 1.42. The Bertz CT molecular complexity index is 696. The van der Waals surface area contributed by atoms with Crippen LogP contribution < -0.4 is 10.0 Å². The van der Waals surface area contributed by atoms with Crippen LogP contribution in [0.2, 0.25) is 0 Å². The van der Waals surface area contributed by atoms with Gasteiger partial charge in [0.1, 0.15) is 11.4 Å². The van der Waals surface area contributed by atoms with Crippen molar-refractivity contribution in [3.8, 4) is 0 Å². The van der Waals surface area contributed by atoms with Gasteiger partial charge in [-0.05, 0) is 31.5 Å². The maximum absolute atomic E-state index is 12.1. The summed E-state index contributed by atoms with van der Waals surface area (Å²) in [7, 11) is -3.40. The standard InChI is InChI=1S/C13H17N3O3S.ClH/c17-20(18,15-8-10-4-3-7-14-10)9-12-11-5-1-2-6-13(11)19-16-12;/h1-2,5-6,10,14-15H,3-4,7-9H2;1H. The highest BCUT2D eigenvalue weighted by molar-refractivity contribution is 7.88. The lowest BCUT2D eigenvalue weighted by atomic mass is 10.2. The van der Waals surface area contributed by atoms with E-state index in [1.807, 2.05) is 18.2 Å². The highest BCUT2D eigenvalue weighted by Crippen LogP contribution is 2.19. The number of halogens is 1. The van der Waals surface area contributed by atoms with E-state index in [4.69, 9.17) is 4.52 Å². The number of fused-ring (bicyclic) bond motifs is 1. The van der Waals surface area contributed by atoms with Gasteiger partial charge >= 0.3 is 0 Å². The van der Waals surface area contributed by atoms with Gasteiger partial charge in [0, 0.05) is 18.0 Å². The second-order valence-electron chi connectivity index (χ2n) is 5.03. The molecular formula is C13H18ClN3O3S. The van der Waals surface area contributed by atoms with Gasteiger partial charge in [-0.3, -0.25) is 0 Å². The van der Waals surface area contributed by atoms with Crippen LogP contribution in [0.15, 0.2) is 28.8 Å². The van der Waals surface area contributed by atoms with Crippen molar-refractivity contribution in [2.75, 3.05) is 13.1 Å². The first-order valence-electron chi connectivity index (χ1n) is 6.68. The van der Waals surface area contributed by atoms with Gasteiger partial charge in [-0.1, -0.05) is 17.3 Å². The van der Waals surface area contributed by atoms with Crippen LogP contribution in [0.4, 0.5) is 0 Å². The van der Waals surface area contributed by atoms with E-state index in [1.165, 1.54) is 0 Å². The molecule has 0 radical (unpaired) electrons. The molecule has 1 aliphatic rings. The van der Waals surface area contributed by atoms with E-state index in [0.717, 1.165) is 24.8 Å². The first-order chi connectivity index (χ1) is 9.64. The first-order valence-corrected chi connectivity index (χ1v) is 8.33. The fourth-order valence-electron chi connectivity index (χ4n) is 2.43. The van der Waals surface area contributed by atoms with Crippen molar-refractivity contribution < 1.29 is 12.9 Å². The monoisotopic (exact) mass is 331 g/mol. The summed E-state index contributed by atoms with van der Waals surface area (Å²) in [6.07, 6.45) is 2.11. The fourth-order valence-corrected chi connectivity index (χ4v) is 3.56. The number of hydrogen-bond acceptors (Lipinski definition) is 5. The molecule has 8 heteroatoms. The molecule has 2 heterocycles. The summed E-state index contributed by atoms with van der Waals surface area (Å²) in [6.45, 7) is 1.39. The van der Waals surface area contributed by atoms with Crippen LogP contribution in [0.1, 0.15) is 18.5 Å². The second-order valence-corrected chi connectivity index (χ2v) is 6.83. The zero-order chi connectivity index (χ0) is 14.0. The number of hydrogen-bond donors (Lipinski definition) is 2. The fraction of sp³-hybridized carbons (Fsp3) is 0.462. The lowest BCUT2D eigenvalue weighted by molar-refractivity contribution is 0.448. The molecule has 1 atom stereocenters. The molecule has 0 spiro atoms. The van der Waals surface area contributed by atoms with Gasteiger partial charge in [-0.25, -0.2) is 13.1 Å². The van der Waals surface area contributed by atoms with E-state index >= 15 is 0 Å². The summed E-state index contributed by atoms with van der Waals surface area (Å²) in [5, 5.41) is 7.85. The zero-order valence-electron chi connectivity index (χ0n) is 11.4. The minimum atomic E-state index is -3.40. The Hall–Kier alpha value is -1.15. The number of benzene rings is 1. The Labute approximate surface area is 129 Å². The molecule has 1 aromatic carbocycles. The maximum Gasteiger partial charge on any atom is 0.217 e. The molecule has 116 valence electrons. The largest absolute Gasteiger partial charge is 0.356 e. The zero-order valence-corrected chi connectivity index (χ0v) is 13.0. The molecule has 1 aliphatic heterocycles. The minimum Gasteiger partial charge on any atom is -0.356 e. The lowest BCUT2D eigenvalue weighted by Gasteiger charge is -2.11. The number of rotatable bonds is 5. The van der Waals surface area contributed by atoms with E-state index in [-0.39, 0.29) is 24.2 Å². The molecule has 1 saturated heterocycles. The van der Waals surface area contributed by atoms with Crippen LogP contribution >= 0.6 is 12.4 Å². The molecule has 2 N–H and O–H groups in total. The highest BCUT2D eigenvalue weighted by Gasteiger charge is 2.20. The molecule has 0 aliphatic carbocycles.